The zero-order valence-electron chi connectivity index (χ0n) is 8.16. The van der Waals surface area contributed by atoms with E-state index in [-0.39, 0.29) is 4.75 Å². The summed E-state index contributed by atoms with van der Waals surface area (Å²) in [7, 11) is 0. The van der Waals surface area contributed by atoms with Gasteiger partial charge in [0.15, 0.2) is 0 Å². The van der Waals surface area contributed by atoms with E-state index in [1.807, 2.05) is 13.8 Å². The van der Waals surface area contributed by atoms with Crippen LogP contribution in [0.3, 0.4) is 0 Å². The molecule has 0 atom stereocenters. The lowest BCUT2D eigenvalue weighted by Crippen LogP contribution is -2.16. The van der Waals surface area contributed by atoms with E-state index in [9.17, 15) is 4.79 Å². The number of hydrogen-bond donors (Lipinski definition) is 0. The Morgan fingerprint density at radius 1 is 1.42 bits per heavy atom. The maximum Gasteiger partial charge on any atom is 0.135 e. The molecule has 0 saturated heterocycles. The first-order valence-electron chi connectivity index (χ1n) is 4.14. The highest BCUT2D eigenvalue weighted by atomic mass is 32.9. The summed E-state index contributed by atoms with van der Waals surface area (Å²) in [6.07, 6.45) is 3.09. The first kappa shape index (κ1) is 12.7. The van der Waals surface area contributed by atoms with E-state index >= 15 is 0 Å². The molecule has 4 heteroatoms. The van der Waals surface area contributed by atoms with Crippen LogP contribution in [0, 0.1) is 0 Å². The largest absolute Gasteiger partial charge is 0.302 e. The molecule has 0 N–H and O–H groups in total. The number of rotatable bonds is 5. The predicted molar refractivity (Wildman–Crippen MR) is 63.1 cm³/mol. The van der Waals surface area contributed by atoms with E-state index in [2.05, 4.69) is 13.8 Å². The quantitative estimate of drug-likeness (QED) is 0.527. The van der Waals surface area contributed by atoms with E-state index in [4.69, 9.17) is 11.8 Å². The molecule has 12 heavy (non-hydrogen) atoms. The van der Waals surface area contributed by atoms with Gasteiger partial charge in [-0.3, -0.25) is 0 Å². The van der Waals surface area contributed by atoms with Crippen molar-refractivity contribution < 1.29 is 4.79 Å². The van der Waals surface area contributed by atoms with E-state index in [0.717, 1.165) is 18.6 Å². The Kier molecular flexibility index (Phi) is 5.05. The summed E-state index contributed by atoms with van der Waals surface area (Å²) in [6, 6.07) is 0. The molecule has 0 unspecified atom stereocenters. The molecular weight excluding hydrogens is 207 g/mol. The molecular formula is C8H17OPS2. The molecule has 0 aliphatic carbocycles. The summed E-state index contributed by atoms with van der Waals surface area (Å²) in [6.45, 7) is 8.13. The van der Waals surface area contributed by atoms with Crippen LogP contribution in [0.1, 0.15) is 27.7 Å². The molecule has 0 bridgehead atoms. The average Bonchev–Trinajstić information content (AvgIpc) is 2.04. The molecule has 0 aromatic carbocycles. The molecule has 0 amide bonds. The first-order valence-corrected chi connectivity index (χ1v) is 8.73. The molecule has 0 saturated carbocycles. The van der Waals surface area contributed by atoms with Gasteiger partial charge in [0.25, 0.3) is 0 Å². The average molecular weight is 224 g/mol. The third kappa shape index (κ3) is 4.06. The van der Waals surface area contributed by atoms with Crippen LogP contribution in [-0.2, 0) is 16.6 Å². The van der Waals surface area contributed by atoms with Crippen molar-refractivity contribution in [3.8, 4) is 0 Å². The predicted octanol–water partition coefficient (Wildman–Crippen LogP) is 3.13. The molecule has 0 fully saturated rings. The second-order valence-electron chi connectivity index (χ2n) is 3.26. The lowest BCUT2D eigenvalue weighted by Gasteiger charge is -2.25. The fraction of sp³-hybridized carbons (Fsp3) is 0.875. The van der Waals surface area contributed by atoms with Gasteiger partial charge in [0, 0.05) is 5.24 Å². The summed E-state index contributed by atoms with van der Waals surface area (Å²) >= 11 is 7.24. The Morgan fingerprint density at radius 3 is 2.08 bits per heavy atom. The minimum atomic E-state index is -1.30. The van der Waals surface area contributed by atoms with Gasteiger partial charge < -0.3 is 4.79 Å². The molecule has 0 aromatic rings. The van der Waals surface area contributed by atoms with Gasteiger partial charge in [0.2, 0.25) is 0 Å². The van der Waals surface area contributed by atoms with Crippen molar-refractivity contribution >= 4 is 34.7 Å². The standard InChI is InChI=1S/C8H17OPS2/c1-5-10(11,6-2)12-8(3,4)7-9/h7H,5-6H2,1-4H3. The van der Waals surface area contributed by atoms with Crippen LogP contribution in [-0.4, -0.2) is 23.4 Å². The SMILES string of the molecule is CCP(=S)(CC)SC(C)(C)C=O. The van der Waals surface area contributed by atoms with Crippen LogP contribution in [0.2, 0.25) is 0 Å². The van der Waals surface area contributed by atoms with E-state index in [1.54, 1.807) is 11.4 Å². The highest BCUT2D eigenvalue weighted by Crippen LogP contribution is 2.62. The van der Waals surface area contributed by atoms with Crippen LogP contribution in [0.15, 0.2) is 0 Å². The Morgan fingerprint density at radius 2 is 1.83 bits per heavy atom. The van der Waals surface area contributed by atoms with Crippen LogP contribution in [0.4, 0.5) is 0 Å². The molecule has 72 valence electrons. The van der Waals surface area contributed by atoms with E-state index < -0.39 is 5.24 Å². The second kappa shape index (κ2) is 4.78. The first-order chi connectivity index (χ1) is 5.39. The molecule has 0 aliphatic heterocycles. The molecule has 0 heterocycles. The summed E-state index contributed by atoms with van der Waals surface area (Å²) < 4.78 is -0.290. The minimum absolute atomic E-state index is 0.290. The summed E-state index contributed by atoms with van der Waals surface area (Å²) in [5, 5.41) is -1.30. The summed E-state index contributed by atoms with van der Waals surface area (Å²) in [4.78, 5) is 10.7. The van der Waals surface area contributed by atoms with Crippen molar-refractivity contribution in [3.63, 3.8) is 0 Å². The van der Waals surface area contributed by atoms with Crippen molar-refractivity contribution in [2.45, 2.75) is 32.4 Å². The van der Waals surface area contributed by atoms with Crippen molar-refractivity contribution in [2.24, 2.45) is 0 Å². The van der Waals surface area contributed by atoms with Gasteiger partial charge in [-0.15, -0.1) is 11.4 Å². The Bertz CT molecular complexity index is 193. The molecule has 0 radical (unpaired) electrons. The van der Waals surface area contributed by atoms with Gasteiger partial charge in [0.1, 0.15) is 6.29 Å². The van der Waals surface area contributed by atoms with Crippen molar-refractivity contribution in [2.75, 3.05) is 12.3 Å². The van der Waals surface area contributed by atoms with Crippen molar-refractivity contribution in [3.05, 3.63) is 0 Å². The van der Waals surface area contributed by atoms with Crippen LogP contribution in [0.25, 0.3) is 0 Å². The monoisotopic (exact) mass is 224 g/mol. The van der Waals surface area contributed by atoms with Gasteiger partial charge in [-0.25, -0.2) is 0 Å². The highest BCUT2D eigenvalue weighted by Gasteiger charge is 2.25. The van der Waals surface area contributed by atoms with Crippen LogP contribution >= 0.6 is 16.6 Å². The van der Waals surface area contributed by atoms with E-state index in [0.29, 0.717) is 0 Å². The molecule has 0 aromatic heterocycles. The highest BCUT2D eigenvalue weighted by molar-refractivity contribution is 8.71. The van der Waals surface area contributed by atoms with Gasteiger partial charge in [-0.05, 0) is 26.2 Å². The van der Waals surface area contributed by atoms with Gasteiger partial charge in [-0.2, -0.15) is 0 Å². The molecule has 0 spiro atoms. The third-order valence-corrected chi connectivity index (χ3v) is 10.7. The van der Waals surface area contributed by atoms with Crippen LogP contribution < -0.4 is 0 Å². The summed E-state index contributed by atoms with van der Waals surface area (Å²) in [5.74, 6) is 0. The maximum absolute atomic E-state index is 10.7. The molecule has 0 rings (SSSR count). The number of carbonyl (C=O) groups is 1. The summed E-state index contributed by atoms with van der Waals surface area (Å²) in [5.41, 5.74) is 0. The lowest BCUT2D eigenvalue weighted by atomic mass is 10.2. The normalized spacial score (nSPS) is 13.0. The Labute approximate surface area is 84.4 Å². The Hall–Kier alpha value is 0.670. The molecule has 1 nitrogen and oxygen atoms in total. The number of aldehydes is 1. The second-order valence-corrected chi connectivity index (χ2v) is 12.8. The van der Waals surface area contributed by atoms with Crippen LogP contribution in [0.5, 0.6) is 0 Å². The number of hydrogen-bond acceptors (Lipinski definition) is 3. The Balaban J connectivity index is 4.41. The fourth-order valence-electron chi connectivity index (χ4n) is 0.803. The third-order valence-electron chi connectivity index (χ3n) is 1.65. The van der Waals surface area contributed by atoms with Gasteiger partial charge >= 0.3 is 0 Å². The lowest BCUT2D eigenvalue weighted by molar-refractivity contribution is -0.109. The smallest absolute Gasteiger partial charge is 0.135 e. The zero-order valence-corrected chi connectivity index (χ0v) is 10.7. The minimum Gasteiger partial charge on any atom is -0.302 e. The van der Waals surface area contributed by atoms with E-state index in [1.165, 1.54) is 0 Å². The fourth-order valence-corrected chi connectivity index (χ4v) is 7.61. The zero-order chi connectivity index (χ0) is 9.83. The number of carbonyl (C=O) groups excluding carboxylic acids is 1. The topological polar surface area (TPSA) is 17.1 Å². The maximum atomic E-state index is 10.7. The van der Waals surface area contributed by atoms with Crippen molar-refractivity contribution in [1.82, 2.24) is 0 Å². The van der Waals surface area contributed by atoms with Crippen molar-refractivity contribution in [1.29, 1.82) is 0 Å². The molecule has 0 aliphatic rings. The van der Waals surface area contributed by atoms with Gasteiger partial charge in [-0.1, -0.05) is 25.7 Å². The van der Waals surface area contributed by atoms with Gasteiger partial charge in [0.05, 0.1) is 4.75 Å².